The number of carbonyl (C=O) groups is 2. The molecule has 2 aliphatic rings. The minimum atomic E-state index is -1.76. The van der Waals surface area contributed by atoms with E-state index in [2.05, 4.69) is 13.8 Å². The van der Waals surface area contributed by atoms with Crippen molar-refractivity contribution in [2.24, 2.45) is 0 Å². The van der Waals surface area contributed by atoms with E-state index in [0.29, 0.717) is 12.8 Å². The van der Waals surface area contributed by atoms with Crippen LogP contribution in [0.3, 0.4) is 0 Å². The van der Waals surface area contributed by atoms with E-state index in [4.69, 9.17) is 28.4 Å². The normalized spacial score (nSPS) is 27.0. The number of aliphatic hydroxyl groups excluding tert-OH is 7. The van der Waals surface area contributed by atoms with Crippen LogP contribution in [0.25, 0.3) is 0 Å². The van der Waals surface area contributed by atoms with Crippen LogP contribution in [0.2, 0.25) is 0 Å². The van der Waals surface area contributed by atoms with E-state index < -0.39 is 92.7 Å². The molecule has 0 aliphatic carbocycles. The van der Waals surface area contributed by atoms with Crippen molar-refractivity contribution < 1.29 is 73.8 Å². The Morgan fingerprint density at radius 2 is 0.823 bits per heavy atom. The van der Waals surface area contributed by atoms with Gasteiger partial charge >= 0.3 is 11.9 Å². The highest BCUT2D eigenvalue weighted by atomic mass is 16.7. The fraction of sp³-hybridized carbons (Fsp3) is 0.957. The lowest BCUT2D eigenvalue weighted by atomic mass is 9.98. The molecule has 0 aromatic carbocycles. The summed E-state index contributed by atoms with van der Waals surface area (Å²) in [6.07, 6.45) is 14.2. The minimum Gasteiger partial charge on any atom is -0.462 e. The smallest absolute Gasteiger partial charge is 0.306 e. The third kappa shape index (κ3) is 24.1. The van der Waals surface area contributed by atoms with Crippen molar-refractivity contribution in [3.05, 3.63) is 0 Å². The van der Waals surface area contributed by atoms with Gasteiger partial charge in [0.2, 0.25) is 0 Å². The Bertz CT molecular complexity index is 1100. The van der Waals surface area contributed by atoms with E-state index in [1.807, 2.05) is 0 Å². The quantitative estimate of drug-likeness (QED) is 0.0277. The number of esters is 2. The van der Waals surface area contributed by atoms with Crippen LogP contribution in [0.1, 0.15) is 194 Å². The summed E-state index contributed by atoms with van der Waals surface area (Å²) < 4.78 is 33.5. The predicted octanol–water partition coefficient (Wildman–Crippen LogP) is 6.04. The molecule has 15 nitrogen and oxygen atoms in total. The van der Waals surface area contributed by atoms with Crippen molar-refractivity contribution in [2.75, 3.05) is 26.4 Å². The Kier molecular flexibility index (Phi) is 32.6. The summed E-state index contributed by atoms with van der Waals surface area (Å²) in [6, 6.07) is 0. The number of carbonyl (C=O) groups excluding carboxylic acids is 2. The van der Waals surface area contributed by atoms with Gasteiger partial charge in [-0.1, -0.05) is 168 Å². The van der Waals surface area contributed by atoms with Crippen LogP contribution in [0.5, 0.6) is 0 Å². The second-order valence-corrected chi connectivity index (χ2v) is 17.7. The zero-order valence-corrected chi connectivity index (χ0v) is 38.4. The van der Waals surface area contributed by atoms with Gasteiger partial charge in [0.1, 0.15) is 55.4 Å². The van der Waals surface area contributed by atoms with Crippen molar-refractivity contribution in [2.45, 2.75) is 261 Å². The lowest BCUT2D eigenvalue weighted by molar-refractivity contribution is -0.332. The van der Waals surface area contributed by atoms with Crippen molar-refractivity contribution in [1.29, 1.82) is 0 Å². The molecule has 11 atom stereocenters. The number of rotatable bonds is 38. The van der Waals surface area contributed by atoms with E-state index >= 15 is 0 Å². The average molecular weight is 893 g/mol. The van der Waals surface area contributed by atoms with Crippen molar-refractivity contribution in [1.82, 2.24) is 0 Å². The molecule has 62 heavy (non-hydrogen) atoms. The first-order valence-electron chi connectivity index (χ1n) is 24.6. The van der Waals surface area contributed by atoms with E-state index in [9.17, 15) is 45.3 Å². The lowest BCUT2D eigenvalue weighted by Crippen LogP contribution is -2.61. The lowest BCUT2D eigenvalue weighted by Gasteiger charge is -2.42. The van der Waals surface area contributed by atoms with Crippen LogP contribution < -0.4 is 0 Å². The topological polar surface area (TPSA) is 231 Å². The number of unbranched alkanes of at least 4 members (excludes halogenated alkanes) is 24. The molecule has 0 radical (unpaired) electrons. The zero-order valence-electron chi connectivity index (χ0n) is 38.4. The molecule has 2 saturated heterocycles. The Morgan fingerprint density at radius 1 is 0.452 bits per heavy atom. The van der Waals surface area contributed by atoms with Gasteiger partial charge in [-0.05, 0) is 12.8 Å². The summed E-state index contributed by atoms with van der Waals surface area (Å²) in [5.41, 5.74) is 0. The Morgan fingerprint density at radius 3 is 1.26 bits per heavy atom. The van der Waals surface area contributed by atoms with Gasteiger partial charge in [-0.15, -0.1) is 0 Å². The molecule has 2 fully saturated rings. The fourth-order valence-electron chi connectivity index (χ4n) is 7.98. The molecule has 7 N–H and O–H groups in total. The molecule has 366 valence electrons. The van der Waals surface area contributed by atoms with Crippen LogP contribution in [0, 0.1) is 0 Å². The van der Waals surface area contributed by atoms with Gasteiger partial charge in [-0.2, -0.15) is 0 Å². The molecular formula is C47H88O15. The average Bonchev–Trinajstić information content (AvgIpc) is 3.26. The molecule has 0 aromatic rings. The number of aliphatic hydroxyl groups is 7. The largest absolute Gasteiger partial charge is 0.462 e. The first-order valence-corrected chi connectivity index (χ1v) is 24.6. The first kappa shape index (κ1) is 56.6. The second kappa shape index (κ2) is 35.7. The van der Waals surface area contributed by atoms with E-state index in [1.165, 1.54) is 116 Å². The Hall–Kier alpha value is -1.50. The Balaban J connectivity index is 1.82. The van der Waals surface area contributed by atoms with Crippen LogP contribution >= 0.6 is 0 Å². The predicted molar refractivity (Wildman–Crippen MR) is 234 cm³/mol. The third-order valence-electron chi connectivity index (χ3n) is 12.1. The van der Waals surface area contributed by atoms with Gasteiger partial charge in [-0.25, -0.2) is 0 Å². The van der Waals surface area contributed by atoms with E-state index in [-0.39, 0.29) is 26.1 Å². The van der Waals surface area contributed by atoms with Crippen LogP contribution in [-0.2, 0) is 38.0 Å². The number of ether oxygens (including phenoxy) is 6. The highest BCUT2D eigenvalue weighted by molar-refractivity contribution is 5.70. The number of hydrogen-bond acceptors (Lipinski definition) is 15. The maximum absolute atomic E-state index is 12.9. The van der Waals surface area contributed by atoms with E-state index in [1.54, 1.807) is 0 Å². The van der Waals surface area contributed by atoms with Gasteiger partial charge in [0.25, 0.3) is 0 Å². The molecule has 0 saturated carbocycles. The molecule has 0 aromatic heterocycles. The summed E-state index contributed by atoms with van der Waals surface area (Å²) in [6.45, 7) is 2.60. The molecule has 1 unspecified atom stereocenters. The maximum atomic E-state index is 12.9. The molecule has 2 aliphatic heterocycles. The Labute approximate surface area is 372 Å². The van der Waals surface area contributed by atoms with Crippen molar-refractivity contribution in [3.8, 4) is 0 Å². The molecule has 0 bridgehead atoms. The van der Waals surface area contributed by atoms with Gasteiger partial charge in [0.05, 0.1) is 19.8 Å². The van der Waals surface area contributed by atoms with Crippen LogP contribution in [0.4, 0.5) is 0 Å². The summed E-state index contributed by atoms with van der Waals surface area (Å²) in [7, 11) is 0. The zero-order chi connectivity index (χ0) is 45.4. The van der Waals surface area contributed by atoms with Gasteiger partial charge < -0.3 is 64.2 Å². The van der Waals surface area contributed by atoms with Crippen molar-refractivity contribution >= 4 is 11.9 Å². The first-order chi connectivity index (χ1) is 30.0. The molecule has 2 rings (SSSR count). The highest BCUT2D eigenvalue weighted by Crippen LogP contribution is 2.26. The van der Waals surface area contributed by atoms with Gasteiger partial charge in [0, 0.05) is 12.8 Å². The monoisotopic (exact) mass is 893 g/mol. The summed E-state index contributed by atoms with van der Waals surface area (Å²) in [4.78, 5) is 25.7. The SMILES string of the molecule is CCCCCCCCCCCCCCCCC(=O)OCC(CO[C@@H]1O[C@H](CO[C@@H]2O[C@H](CO)[C@@H](O)[C@H](O)[C@H]2O)[C@@H](O)[C@H](O)[C@H]1O)OC(=O)CCCCCCCCCCCCCC. The number of hydrogen-bond donors (Lipinski definition) is 7. The summed E-state index contributed by atoms with van der Waals surface area (Å²) in [5, 5.41) is 71.9. The van der Waals surface area contributed by atoms with Crippen LogP contribution in [-0.4, -0.2) is 142 Å². The van der Waals surface area contributed by atoms with Gasteiger partial charge in [0.15, 0.2) is 18.7 Å². The van der Waals surface area contributed by atoms with Gasteiger partial charge in [-0.3, -0.25) is 9.59 Å². The highest BCUT2D eigenvalue weighted by Gasteiger charge is 2.47. The molecule has 0 spiro atoms. The maximum Gasteiger partial charge on any atom is 0.306 e. The minimum absolute atomic E-state index is 0.172. The molecule has 15 heteroatoms. The summed E-state index contributed by atoms with van der Waals surface area (Å²) >= 11 is 0. The molecule has 0 amide bonds. The fourth-order valence-corrected chi connectivity index (χ4v) is 7.98. The second-order valence-electron chi connectivity index (χ2n) is 17.7. The molecule has 2 heterocycles. The third-order valence-corrected chi connectivity index (χ3v) is 12.1. The van der Waals surface area contributed by atoms with E-state index in [0.717, 1.165) is 38.5 Å². The van der Waals surface area contributed by atoms with Crippen molar-refractivity contribution in [3.63, 3.8) is 0 Å². The standard InChI is InChI=1S/C47H88O15/c1-3-5-7-9-11-13-15-17-18-20-21-23-25-27-29-38(49)57-32-35(60-39(50)30-28-26-24-22-19-16-14-12-10-8-6-4-2)33-58-46-45(56)43(54)41(52)37(62-46)34-59-47-44(55)42(53)40(51)36(31-48)61-47/h35-37,40-48,51-56H,3-34H2,1-2H3/t35?,36-,37-,40-,41-,42+,43+,44-,45-,46-,47-/m1/s1. The van der Waals surface area contributed by atoms with Crippen LogP contribution in [0.15, 0.2) is 0 Å². The molecular weight excluding hydrogens is 805 g/mol. The summed E-state index contributed by atoms with van der Waals surface area (Å²) in [5.74, 6) is -0.913.